The number of nitrogens with zero attached hydrogens (tertiary/aromatic N) is 2. The number of esters is 1. The van der Waals surface area contributed by atoms with Crippen LogP contribution in [0.2, 0.25) is 0 Å². The number of halogens is 1. The molecule has 0 saturated heterocycles. The van der Waals surface area contributed by atoms with Gasteiger partial charge in [-0.3, -0.25) is 34.6 Å². The van der Waals surface area contributed by atoms with E-state index in [1.807, 2.05) is 0 Å². The van der Waals surface area contributed by atoms with Crippen molar-refractivity contribution in [1.29, 1.82) is 0 Å². The van der Waals surface area contributed by atoms with E-state index in [0.717, 1.165) is 5.56 Å². The lowest BCUT2D eigenvalue weighted by Crippen LogP contribution is -2.03. The first-order chi connectivity index (χ1) is 14.5. The molecule has 0 atom stereocenters. The Kier molecular flexibility index (Phi) is 9.61. The van der Waals surface area contributed by atoms with Gasteiger partial charge in [-0.2, -0.15) is 0 Å². The highest BCUT2D eigenvalue weighted by atomic mass is 79.9. The molecule has 0 spiro atoms. The molecule has 0 fully saturated rings. The number of ether oxygens (including phenoxy) is 1. The number of carbonyl (C=O) groups is 3. The van der Waals surface area contributed by atoms with Crippen molar-refractivity contribution < 1.29 is 29.0 Å². The van der Waals surface area contributed by atoms with Gasteiger partial charge in [0.2, 0.25) is 0 Å². The SMILES string of the molecule is CC(=O)OCc1ccc([N+](=O)[O-])c(C(C)=O)c1.CC(=O)c1cc(CBr)ccc1[N+](=O)[O-]. The number of nitro benzene ring substituents is 2. The monoisotopic (exact) mass is 494 g/mol. The highest BCUT2D eigenvalue weighted by molar-refractivity contribution is 9.08. The van der Waals surface area contributed by atoms with Gasteiger partial charge >= 0.3 is 5.97 Å². The maximum Gasteiger partial charge on any atom is 0.302 e. The fourth-order valence-electron chi connectivity index (χ4n) is 2.41. The van der Waals surface area contributed by atoms with Crippen LogP contribution in [-0.2, 0) is 21.5 Å². The number of ketones is 2. The summed E-state index contributed by atoms with van der Waals surface area (Å²) >= 11 is 3.22. The van der Waals surface area contributed by atoms with E-state index >= 15 is 0 Å². The number of rotatable bonds is 7. The van der Waals surface area contributed by atoms with Crippen molar-refractivity contribution in [2.75, 3.05) is 0 Å². The van der Waals surface area contributed by atoms with Crippen molar-refractivity contribution >= 4 is 44.8 Å². The van der Waals surface area contributed by atoms with Crippen molar-refractivity contribution in [3.8, 4) is 0 Å². The van der Waals surface area contributed by atoms with Gasteiger partial charge in [-0.25, -0.2) is 0 Å². The first kappa shape index (κ1) is 25.6. The van der Waals surface area contributed by atoms with Gasteiger partial charge in [-0.15, -0.1) is 0 Å². The topological polar surface area (TPSA) is 147 Å². The molecule has 0 unspecified atom stereocenters. The molecule has 0 amide bonds. The first-order valence-corrected chi connectivity index (χ1v) is 9.85. The molecule has 0 saturated carbocycles. The molecular weight excluding hydrogens is 476 g/mol. The van der Waals surface area contributed by atoms with Crippen molar-refractivity contribution in [2.24, 2.45) is 0 Å². The molecule has 0 N–H and O–H groups in total. The molecule has 0 aromatic heterocycles. The number of benzene rings is 2. The first-order valence-electron chi connectivity index (χ1n) is 8.73. The zero-order valence-electron chi connectivity index (χ0n) is 16.9. The average Bonchev–Trinajstić information content (AvgIpc) is 2.71. The van der Waals surface area contributed by atoms with Crippen LogP contribution in [-0.4, -0.2) is 27.4 Å². The molecule has 0 radical (unpaired) electrons. The molecule has 10 nitrogen and oxygen atoms in total. The Balaban J connectivity index is 0.000000316. The van der Waals surface area contributed by atoms with Crippen LogP contribution >= 0.6 is 15.9 Å². The lowest BCUT2D eigenvalue weighted by Gasteiger charge is -2.04. The van der Waals surface area contributed by atoms with E-state index < -0.39 is 21.6 Å². The van der Waals surface area contributed by atoms with Gasteiger partial charge in [0.15, 0.2) is 11.6 Å². The predicted octanol–water partition coefficient (Wildman–Crippen LogP) is 4.55. The number of carbonyl (C=O) groups excluding carboxylic acids is 3. The normalized spacial score (nSPS) is 9.81. The summed E-state index contributed by atoms with van der Waals surface area (Å²) < 4.78 is 4.74. The summed E-state index contributed by atoms with van der Waals surface area (Å²) in [5.74, 6) is -1.14. The summed E-state index contributed by atoms with van der Waals surface area (Å²) in [5.41, 5.74) is 1.18. The Morgan fingerprint density at radius 2 is 1.26 bits per heavy atom. The second kappa shape index (κ2) is 11.6. The zero-order chi connectivity index (χ0) is 23.7. The van der Waals surface area contributed by atoms with Gasteiger partial charge in [0.25, 0.3) is 11.4 Å². The second-order valence-electron chi connectivity index (χ2n) is 6.24. The average molecular weight is 495 g/mol. The van der Waals surface area contributed by atoms with E-state index in [9.17, 15) is 34.6 Å². The van der Waals surface area contributed by atoms with Crippen molar-refractivity contribution in [3.05, 3.63) is 78.9 Å². The van der Waals surface area contributed by atoms with Crippen molar-refractivity contribution in [3.63, 3.8) is 0 Å². The highest BCUT2D eigenvalue weighted by Gasteiger charge is 2.18. The minimum absolute atomic E-state index is 0.00634. The predicted molar refractivity (Wildman–Crippen MR) is 114 cm³/mol. The highest BCUT2D eigenvalue weighted by Crippen LogP contribution is 2.22. The maximum absolute atomic E-state index is 11.2. The van der Waals surface area contributed by atoms with E-state index in [1.54, 1.807) is 6.07 Å². The Bertz CT molecular complexity index is 1040. The second-order valence-corrected chi connectivity index (χ2v) is 6.80. The Morgan fingerprint density at radius 3 is 1.61 bits per heavy atom. The van der Waals surface area contributed by atoms with Crippen LogP contribution in [0.15, 0.2) is 36.4 Å². The summed E-state index contributed by atoms with van der Waals surface area (Å²) in [5, 5.41) is 21.8. The van der Waals surface area contributed by atoms with Crippen molar-refractivity contribution in [1.82, 2.24) is 0 Å². The van der Waals surface area contributed by atoms with E-state index in [-0.39, 0.29) is 34.9 Å². The zero-order valence-corrected chi connectivity index (χ0v) is 18.5. The van der Waals surface area contributed by atoms with Gasteiger partial charge in [-0.1, -0.05) is 22.0 Å². The third-order valence-electron chi connectivity index (χ3n) is 3.87. The minimum Gasteiger partial charge on any atom is -0.461 e. The van der Waals surface area contributed by atoms with E-state index in [2.05, 4.69) is 15.9 Å². The van der Waals surface area contributed by atoms with Crippen LogP contribution in [0.1, 0.15) is 52.6 Å². The molecule has 2 aromatic carbocycles. The van der Waals surface area contributed by atoms with Gasteiger partial charge in [0, 0.05) is 24.4 Å². The fraction of sp³-hybridized carbons (Fsp3) is 0.250. The molecule has 11 heteroatoms. The quantitative estimate of drug-likeness (QED) is 0.179. The smallest absolute Gasteiger partial charge is 0.302 e. The van der Waals surface area contributed by atoms with Gasteiger partial charge in [0.1, 0.15) is 6.61 Å². The summed E-state index contributed by atoms with van der Waals surface area (Å²) in [6, 6.07) is 8.56. The molecule has 0 aliphatic heterocycles. The van der Waals surface area contributed by atoms with Crippen LogP contribution in [0.25, 0.3) is 0 Å². The van der Waals surface area contributed by atoms with Gasteiger partial charge < -0.3 is 4.74 Å². The maximum atomic E-state index is 11.2. The molecule has 164 valence electrons. The Morgan fingerprint density at radius 1 is 0.839 bits per heavy atom. The van der Waals surface area contributed by atoms with Crippen LogP contribution < -0.4 is 0 Å². The third kappa shape index (κ3) is 7.70. The molecule has 0 aliphatic rings. The number of hydrogen-bond acceptors (Lipinski definition) is 8. The molecule has 0 aliphatic carbocycles. The summed E-state index contributed by atoms with van der Waals surface area (Å²) in [6.45, 7) is 3.82. The standard InChI is InChI=1S/C11H11NO5.C9H8BrNO3/c1-7(13)10-5-9(6-17-8(2)14)3-4-11(10)12(15)16;1-6(12)8-4-7(5-10)2-3-9(8)11(13)14/h3-5H,6H2,1-2H3;2-4H,5H2,1H3. The molecule has 0 bridgehead atoms. The van der Waals surface area contributed by atoms with Crippen LogP contribution in [0.3, 0.4) is 0 Å². The van der Waals surface area contributed by atoms with E-state index in [1.165, 1.54) is 51.1 Å². The third-order valence-corrected chi connectivity index (χ3v) is 4.52. The number of hydrogen-bond donors (Lipinski definition) is 0. The van der Waals surface area contributed by atoms with Crippen molar-refractivity contribution in [2.45, 2.75) is 32.7 Å². The van der Waals surface area contributed by atoms with E-state index in [4.69, 9.17) is 4.74 Å². The van der Waals surface area contributed by atoms with Crippen LogP contribution in [0, 0.1) is 20.2 Å². The number of alkyl halides is 1. The molecular formula is C20H19BrN2O8. The van der Waals surface area contributed by atoms with Crippen LogP contribution in [0.4, 0.5) is 11.4 Å². The number of Topliss-reactive ketones (excluding diaryl/α,β-unsaturated/α-hetero) is 2. The fourth-order valence-corrected chi connectivity index (χ4v) is 2.76. The Hall–Kier alpha value is -3.47. The van der Waals surface area contributed by atoms with Gasteiger partial charge in [-0.05, 0) is 43.2 Å². The largest absolute Gasteiger partial charge is 0.461 e. The Labute approximate surface area is 185 Å². The minimum atomic E-state index is -0.619. The van der Waals surface area contributed by atoms with Gasteiger partial charge in [0.05, 0.1) is 21.0 Å². The molecule has 2 aromatic rings. The summed E-state index contributed by atoms with van der Waals surface area (Å²) in [6.07, 6.45) is 0. The molecule has 0 heterocycles. The summed E-state index contributed by atoms with van der Waals surface area (Å²) in [4.78, 5) is 53.1. The van der Waals surface area contributed by atoms with Crippen LogP contribution in [0.5, 0.6) is 0 Å². The molecule has 2 rings (SSSR count). The lowest BCUT2D eigenvalue weighted by molar-refractivity contribution is -0.385. The molecule has 31 heavy (non-hydrogen) atoms. The lowest BCUT2D eigenvalue weighted by atomic mass is 10.1. The summed E-state index contributed by atoms with van der Waals surface area (Å²) in [7, 11) is 0. The number of nitro groups is 2. The van der Waals surface area contributed by atoms with E-state index in [0.29, 0.717) is 10.9 Å².